The largest absolute Gasteiger partial charge is 0.468 e. The van der Waals surface area contributed by atoms with Crippen molar-refractivity contribution in [2.75, 3.05) is 7.11 Å². The summed E-state index contributed by atoms with van der Waals surface area (Å²) in [6, 6.07) is 3.64. The van der Waals surface area contributed by atoms with Crippen LogP contribution in [0.25, 0.3) is 0 Å². The lowest BCUT2D eigenvalue weighted by Gasteiger charge is -2.21. The van der Waals surface area contributed by atoms with Gasteiger partial charge in [0.2, 0.25) is 0 Å². The van der Waals surface area contributed by atoms with E-state index in [1.54, 1.807) is 19.1 Å². The molecule has 2 atom stereocenters. The van der Waals surface area contributed by atoms with Crippen LogP contribution in [0.2, 0.25) is 0 Å². The predicted octanol–water partition coefficient (Wildman–Crippen LogP) is 0.948. The van der Waals surface area contributed by atoms with Crippen molar-refractivity contribution in [2.45, 2.75) is 31.3 Å². The molecule has 0 aliphatic rings. The van der Waals surface area contributed by atoms with E-state index in [1.807, 2.05) is 6.92 Å². The fourth-order valence-corrected chi connectivity index (χ4v) is 2.73. The molecule has 1 rings (SSSR count). The number of rotatable bonds is 6. The van der Waals surface area contributed by atoms with Gasteiger partial charge in [-0.15, -0.1) is 0 Å². The number of nitrogens with zero attached hydrogens (tertiary/aromatic N) is 1. The number of hydrogen-bond acceptors (Lipinski definition) is 5. The molecule has 1 N–H and O–H groups in total. The highest BCUT2D eigenvalue weighted by Crippen LogP contribution is 2.13. The molecule has 0 aromatic carbocycles. The van der Waals surface area contributed by atoms with Crippen LogP contribution >= 0.6 is 0 Å². The lowest BCUT2D eigenvalue weighted by Crippen LogP contribution is -2.45. The molecule has 0 bridgehead atoms. The van der Waals surface area contributed by atoms with Crippen molar-refractivity contribution in [1.82, 2.24) is 9.71 Å². The van der Waals surface area contributed by atoms with E-state index in [1.165, 1.54) is 19.4 Å². The average Bonchev–Trinajstić information content (AvgIpc) is 2.44. The van der Waals surface area contributed by atoms with Gasteiger partial charge in [0, 0.05) is 6.20 Å². The van der Waals surface area contributed by atoms with Crippen molar-refractivity contribution in [2.24, 2.45) is 5.92 Å². The monoisotopic (exact) mass is 286 g/mol. The Morgan fingerprint density at radius 1 is 1.47 bits per heavy atom. The van der Waals surface area contributed by atoms with Gasteiger partial charge in [0.1, 0.15) is 6.04 Å². The molecule has 0 aliphatic carbocycles. The maximum atomic E-state index is 12.1. The van der Waals surface area contributed by atoms with E-state index >= 15 is 0 Å². The molecule has 106 valence electrons. The van der Waals surface area contributed by atoms with Gasteiger partial charge in [0.15, 0.2) is 5.03 Å². The Morgan fingerprint density at radius 3 is 2.63 bits per heavy atom. The highest BCUT2D eigenvalue weighted by Gasteiger charge is 2.30. The summed E-state index contributed by atoms with van der Waals surface area (Å²) in [5.41, 5.74) is 0. The number of pyridine rings is 1. The van der Waals surface area contributed by atoms with E-state index in [0.717, 1.165) is 0 Å². The van der Waals surface area contributed by atoms with Crippen LogP contribution in [-0.2, 0) is 19.6 Å². The van der Waals surface area contributed by atoms with Crippen LogP contribution in [0.1, 0.15) is 20.3 Å². The average molecular weight is 286 g/mol. The van der Waals surface area contributed by atoms with Gasteiger partial charge in [-0.3, -0.25) is 4.79 Å². The highest BCUT2D eigenvalue weighted by atomic mass is 32.2. The zero-order valence-electron chi connectivity index (χ0n) is 11.2. The first-order valence-corrected chi connectivity index (χ1v) is 7.42. The Morgan fingerprint density at radius 2 is 2.16 bits per heavy atom. The van der Waals surface area contributed by atoms with Crippen LogP contribution in [0, 0.1) is 5.92 Å². The molecule has 0 saturated carbocycles. The first-order valence-electron chi connectivity index (χ1n) is 5.93. The predicted molar refractivity (Wildman–Crippen MR) is 69.8 cm³/mol. The smallest absolute Gasteiger partial charge is 0.324 e. The molecule has 0 fully saturated rings. The fourth-order valence-electron chi connectivity index (χ4n) is 1.49. The first kappa shape index (κ1) is 15.6. The molecule has 1 aromatic rings. The second kappa shape index (κ2) is 6.63. The molecule has 1 aromatic heterocycles. The molecule has 0 spiro atoms. The van der Waals surface area contributed by atoms with Crippen molar-refractivity contribution in [3.05, 3.63) is 24.4 Å². The quantitative estimate of drug-likeness (QED) is 0.787. The first-order chi connectivity index (χ1) is 8.92. The number of carbonyl (C=O) groups is 1. The summed E-state index contributed by atoms with van der Waals surface area (Å²) in [5, 5.41) is -0.118. The van der Waals surface area contributed by atoms with E-state index in [9.17, 15) is 13.2 Å². The molecule has 1 heterocycles. The molecular formula is C12H18N2O4S. The third-order valence-electron chi connectivity index (χ3n) is 2.86. The summed E-state index contributed by atoms with van der Waals surface area (Å²) in [6.45, 7) is 3.65. The Balaban J connectivity index is 2.99. The zero-order chi connectivity index (χ0) is 14.5. The fraction of sp³-hybridized carbons (Fsp3) is 0.500. The van der Waals surface area contributed by atoms with Gasteiger partial charge in [-0.05, 0) is 18.1 Å². The zero-order valence-corrected chi connectivity index (χ0v) is 12.0. The molecule has 0 radical (unpaired) electrons. The van der Waals surface area contributed by atoms with Crippen LogP contribution in [0.4, 0.5) is 0 Å². The summed E-state index contributed by atoms with van der Waals surface area (Å²) >= 11 is 0. The number of ether oxygens (including phenoxy) is 1. The van der Waals surface area contributed by atoms with Crippen molar-refractivity contribution >= 4 is 16.0 Å². The van der Waals surface area contributed by atoms with E-state index in [2.05, 4.69) is 14.4 Å². The summed E-state index contributed by atoms with van der Waals surface area (Å²) in [6.07, 6.45) is 2.02. The van der Waals surface area contributed by atoms with E-state index in [0.29, 0.717) is 6.42 Å². The molecular weight excluding hydrogens is 268 g/mol. The molecule has 0 unspecified atom stereocenters. The van der Waals surface area contributed by atoms with Gasteiger partial charge in [-0.2, -0.15) is 4.72 Å². The van der Waals surface area contributed by atoms with Crippen LogP contribution in [0.3, 0.4) is 0 Å². The minimum Gasteiger partial charge on any atom is -0.468 e. The topological polar surface area (TPSA) is 85.4 Å². The minimum absolute atomic E-state index is 0.118. The van der Waals surface area contributed by atoms with Crippen molar-refractivity contribution in [3.8, 4) is 0 Å². The maximum absolute atomic E-state index is 12.1. The molecule has 7 heteroatoms. The van der Waals surface area contributed by atoms with Crippen LogP contribution in [0.5, 0.6) is 0 Å². The van der Waals surface area contributed by atoms with Crippen molar-refractivity contribution in [1.29, 1.82) is 0 Å². The van der Waals surface area contributed by atoms with E-state index in [4.69, 9.17) is 0 Å². The number of carbonyl (C=O) groups excluding carboxylic acids is 1. The molecule has 0 saturated heterocycles. The summed E-state index contributed by atoms with van der Waals surface area (Å²) in [4.78, 5) is 15.4. The summed E-state index contributed by atoms with van der Waals surface area (Å²) < 4.78 is 31.2. The Hall–Kier alpha value is -1.47. The number of methoxy groups -OCH3 is 1. The number of sulfonamides is 1. The lowest BCUT2D eigenvalue weighted by atomic mass is 10.0. The molecule has 6 nitrogen and oxygen atoms in total. The Bertz CT molecular complexity index is 516. The lowest BCUT2D eigenvalue weighted by molar-refractivity contribution is -0.143. The second-order valence-electron chi connectivity index (χ2n) is 4.18. The standard InChI is InChI=1S/C12H18N2O4S/c1-4-9(2)11(12(15)18-3)14-19(16,17)10-7-5-6-8-13-10/h5-9,11,14H,4H2,1-3H3/t9-,11-/m0/s1. The van der Waals surface area contributed by atoms with E-state index < -0.39 is 22.0 Å². The Kier molecular flexibility index (Phi) is 5.44. The van der Waals surface area contributed by atoms with Crippen molar-refractivity contribution in [3.63, 3.8) is 0 Å². The van der Waals surface area contributed by atoms with Gasteiger partial charge >= 0.3 is 5.97 Å². The summed E-state index contributed by atoms with van der Waals surface area (Å²) in [5.74, 6) is -0.778. The highest BCUT2D eigenvalue weighted by molar-refractivity contribution is 7.89. The molecule has 0 amide bonds. The van der Waals surface area contributed by atoms with Gasteiger partial charge in [0.25, 0.3) is 10.0 Å². The normalized spacial score (nSPS) is 14.7. The van der Waals surface area contributed by atoms with Gasteiger partial charge in [-0.25, -0.2) is 13.4 Å². The molecule has 0 aliphatic heterocycles. The minimum atomic E-state index is -3.83. The maximum Gasteiger partial charge on any atom is 0.324 e. The number of aromatic nitrogens is 1. The van der Waals surface area contributed by atoms with E-state index in [-0.39, 0.29) is 10.9 Å². The van der Waals surface area contributed by atoms with Gasteiger partial charge in [-0.1, -0.05) is 26.3 Å². The van der Waals surface area contributed by atoms with Crippen LogP contribution in [0.15, 0.2) is 29.4 Å². The third-order valence-corrected chi connectivity index (χ3v) is 4.22. The number of nitrogens with one attached hydrogen (secondary N) is 1. The van der Waals surface area contributed by atoms with Gasteiger partial charge in [0.05, 0.1) is 7.11 Å². The van der Waals surface area contributed by atoms with Crippen LogP contribution in [-0.4, -0.2) is 32.5 Å². The Labute approximate surface area is 113 Å². The van der Waals surface area contributed by atoms with Crippen LogP contribution < -0.4 is 4.72 Å². The third kappa shape index (κ3) is 4.00. The summed E-state index contributed by atoms with van der Waals surface area (Å²) in [7, 11) is -2.60. The van der Waals surface area contributed by atoms with Crippen molar-refractivity contribution < 1.29 is 17.9 Å². The number of esters is 1. The molecule has 19 heavy (non-hydrogen) atoms. The SMILES string of the molecule is CC[C@H](C)[C@H](NS(=O)(=O)c1ccccn1)C(=O)OC. The van der Waals surface area contributed by atoms with Gasteiger partial charge < -0.3 is 4.74 Å². The number of hydrogen-bond donors (Lipinski definition) is 1. The second-order valence-corrected chi connectivity index (χ2v) is 5.84.